The predicted molar refractivity (Wildman–Crippen MR) is 59.8 cm³/mol. The quantitative estimate of drug-likeness (QED) is 0.771. The minimum atomic E-state index is 0.0459. The van der Waals surface area contributed by atoms with Crippen LogP contribution in [-0.2, 0) is 4.79 Å². The Bertz CT molecular complexity index is 384. The van der Waals surface area contributed by atoms with Gasteiger partial charge in [0, 0.05) is 18.5 Å². The van der Waals surface area contributed by atoms with Gasteiger partial charge in [-0.3, -0.25) is 4.79 Å². The normalized spacial score (nSPS) is 20.8. The standard InChI is InChI=1S/C12H18N2O2/c1-8(2)12(15)14-6-4-5-10(14)11-7-9(3)13-16-11/h7-8,10H,4-6H2,1-3H3/t10-/m0/s1. The van der Waals surface area contributed by atoms with Gasteiger partial charge in [0.25, 0.3) is 0 Å². The molecule has 2 heterocycles. The number of likely N-dealkylation sites (tertiary alicyclic amines) is 1. The third kappa shape index (κ3) is 1.96. The van der Waals surface area contributed by atoms with Crippen molar-refractivity contribution >= 4 is 5.91 Å². The molecule has 1 amide bonds. The second-order valence-electron chi connectivity index (χ2n) is 4.72. The van der Waals surface area contributed by atoms with Gasteiger partial charge in [-0.2, -0.15) is 0 Å². The average Bonchev–Trinajstić information content (AvgIpc) is 2.83. The van der Waals surface area contributed by atoms with Crippen LogP contribution in [0.3, 0.4) is 0 Å². The van der Waals surface area contributed by atoms with Gasteiger partial charge in [0.15, 0.2) is 5.76 Å². The summed E-state index contributed by atoms with van der Waals surface area (Å²) in [6.07, 6.45) is 2.02. The third-order valence-corrected chi connectivity index (χ3v) is 3.00. The van der Waals surface area contributed by atoms with E-state index in [0.717, 1.165) is 30.8 Å². The van der Waals surface area contributed by atoms with Crippen LogP contribution >= 0.6 is 0 Å². The van der Waals surface area contributed by atoms with Crippen molar-refractivity contribution in [3.63, 3.8) is 0 Å². The topological polar surface area (TPSA) is 46.3 Å². The first kappa shape index (κ1) is 11.2. The molecule has 16 heavy (non-hydrogen) atoms. The molecule has 1 atom stereocenters. The van der Waals surface area contributed by atoms with E-state index in [4.69, 9.17) is 4.52 Å². The van der Waals surface area contributed by atoms with Crippen LogP contribution in [0.1, 0.15) is 44.2 Å². The molecule has 0 radical (unpaired) electrons. The molecule has 1 aliphatic rings. The first-order valence-corrected chi connectivity index (χ1v) is 5.83. The minimum absolute atomic E-state index is 0.0459. The zero-order valence-electron chi connectivity index (χ0n) is 10.1. The van der Waals surface area contributed by atoms with E-state index in [1.165, 1.54) is 0 Å². The fraction of sp³-hybridized carbons (Fsp3) is 0.667. The first-order chi connectivity index (χ1) is 7.59. The molecule has 0 unspecified atom stereocenters. The molecule has 0 saturated carbocycles. The number of hydrogen-bond donors (Lipinski definition) is 0. The van der Waals surface area contributed by atoms with Gasteiger partial charge in [0.2, 0.25) is 5.91 Å². The number of aryl methyl sites for hydroxylation is 1. The van der Waals surface area contributed by atoms with Gasteiger partial charge in [-0.25, -0.2) is 0 Å². The van der Waals surface area contributed by atoms with Gasteiger partial charge in [-0.15, -0.1) is 0 Å². The number of nitrogens with zero attached hydrogens (tertiary/aromatic N) is 2. The monoisotopic (exact) mass is 222 g/mol. The fourth-order valence-electron chi connectivity index (χ4n) is 2.20. The lowest BCUT2D eigenvalue weighted by Gasteiger charge is -2.24. The Morgan fingerprint density at radius 1 is 1.62 bits per heavy atom. The molecule has 0 spiro atoms. The smallest absolute Gasteiger partial charge is 0.225 e. The lowest BCUT2D eigenvalue weighted by atomic mass is 10.1. The Kier molecular flexibility index (Phi) is 2.99. The van der Waals surface area contributed by atoms with Crippen molar-refractivity contribution in [2.45, 2.75) is 39.7 Å². The second kappa shape index (κ2) is 4.28. The van der Waals surface area contributed by atoms with Gasteiger partial charge < -0.3 is 9.42 Å². The van der Waals surface area contributed by atoms with Gasteiger partial charge in [0.1, 0.15) is 0 Å². The number of amides is 1. The van der Waals surface area contributed by atoms with E-state index in [1.807, 2.05) is 31.7 Å². The van der Waals surface area contributed by atoms with Crippen LogP contribution in [0.15, 0.2) is 10.6 Å². The predicted octanol–water partition coefficient (Wildman–Crippen LogP) is 2.30. The van der Waals surface area contributed by atoms with E-state index in [-0.39, 0.29) is 17.9 Å². The number of aromatic nitrogens is 1. The summed E-state index contributed by atoms with van der Waals surface area (Å²) in [5, 5.41) is 3.89. The van der Waals surface area contributed by atoms with E-state index >= 15 is 0 Å². The zero-order valence-corrected chi connectivity index (χ0v) is 10.1. The van der Waals surface area contributed by atoms with Crippen LogP contribution in [-0.4, -0.2) is 22.5 Å². The summed E-state index contributed by atoms with van der Waals surface area (Å²) in [5.41, 5.74) is 0.874. The van der Waals surface area contributed by atoms with Crippen LogP contribution in [0.25, 0.3) is 0 Å². The molecule has 4 heteroatoms. The van der Waals surface area contributed by atoms with Crippen molar-refractivity contribution in [1.82, 2.24) is 10.1 Å². The first-order valence-electron chi connectivity index (χ1n) is 5.83. The van der Waals surface area contributed by atoms with Crippen LogP contribution in [0, 0.1) is 12.8 Å². The van der Waals surface area contributed by atoms with Gasteiger partial charge >= 0.3 is 0 Å². The van der Waals surface area contributed by atoms with Crippen molar-refractivity contribution < 1.29 is 9.32 Å². The lowest BCUT2D eigenvalue weighted by Crippen LogP contribution is -2.33. The van der Waals surface area contributed by atoms with Crippen molar-refractivity contribution in [1.29, 1.82) is 0 Å². The van der Waals surface area contributed by atoms with Crippen LogP contribution < -0.4 is 0 Å². The maximum absolute atomic E-state index is 12.0. The summed E-state index contributed by atoms with van der Waals surface area (Å²) in [6, 6.07) is 2.02. The molecule has 1 fully saturated rings. The maximum Gasteiger partial charge on any atom is 0.225 e. The van der Waals surface area contributed by atoms with Gasteiger partial charge in [-0.05, 0) is 19.8 Å². The molecule has 1 aliphatic heterocycles. The Balaban J connectivity index is 2.18. The molecule has 0 aliphatic carbocycles. The highest BCUT2D eigenvalue weighted by molar-refractivity contribution is 5.78. The number of carbonyl (C=O) groups is 1. The van der Waals surface area contributed by atoms with E-state index < -0.39 is 0 Å². The molecular formula is C12H18N2O2. The van der Waals surface area contributed by atoms with E-state index in [0.29, 0.717) is 0 Å². The van der Waals surface area contributed by atoms with Crippen molar-refractivity contribution in [2.75, 3.05) is 6.54 Å². The molecule has 0 bridgehead atoms. The summed E-state index contributed by atoms with van der Waals surface area (Å²) in [4.78, 5) is 13.9. The van der Waals surface area contributed by atoms with Crippen LogP contribution in [0.2, 0.25) is 0 Å². The summed E-state index contributed by atoms with van der Waals surface area (Å²) in [7, 11) is 0. The molecule has 88 valence electrons. The molecule has 0 N–H and O–H groups in total. The molecule has 1 aromatic heterocycles. The van der Waals surface area contributed by atoms with E-state index in [1.54, 1.807) is 0 Å². The summed E-state index contributed by atoms with van der Waals surface area (Å²) >= 11 is 0. The third-order valence-electron chi connectivity index (χ3n) is 3.00. The Morgan fingerprint density at radius 2 is 2.38 bits per heavy atom. The Hall–Kier alpha value is -1.32. The molecule has 0 aromatic carbocycles. The van der Waals surface area contributed by atoms with E-state index in [9.17, 15) is 4.79 Å². The average molecular weight is 222 g/mol. The SMILES string of the molecule is Cc1cc([C@@H]2CCCN2C(=O)C(C)C)on1. The summed E-state index contributed by atoms with van der Waals surface area (Å²) in [5.74, 6) is 1.07. The summed E-state index contributed by atoms with van der Waals surface area (Å²) < 4.78 is 5.26. The number of rotatable bonds is 2. The van der Waals surface area contributed by atoms with Crippen molar-refractivity contribution in [2.24, 2.45) is 5.92 Å². The van der Waals surface area contributed by atoms with Gasteiger partial charge in [-0.1, -0.05) is 19.0 Å². The Labute approximate surface area is 95.6 Å². The number of carbonyl (C=O) groups excluding carboxylic acids is 1. The minimum Gasteiger partial charge on any atom is -0.359 e. The van der Waals surface area contributed by atoms with Crippen molar-refractivity contribution in [3.05, 3.63) is 17.5 Å². The second-order valence-corrected chi connectivity index (χ2v) is 4.72. The summed E-state index contributed by atoms with van der Waals surface area (Å²) in [6.45, 7) is 6.60. The number of hydrogen-bond acceptors (Lipinski definition) is 3. The Morgan fingerprint density at radius 3 is 2.94 bits per heavy atom. The molecule has 1 aromatic rings. The molecule has 1 saturated heterocycles. The lowest BCUT2D eigenvalue weighted by molar-refractivity contribution is -0.135. The van der Waals surface area contributed by atoms with Crippen LogP contribution in [0.5, 0.6) is 0 Å². The highest BCUT2D eigenvalue weighted by Gasteiger charge is 2.33. The molecule has 2 rings (SSSR count). The molecular weight excluding hydrogens is 204 g/mol. The molecule has 4 nitrogen and oxygen atoms in total. The maximum atomic E-state index is 12.0. The van der Waals surface area contributed by atoms with Crippen LogP contribution in [0.4, 0.5) is 0 Å². The van der Waals surface area contributed by atoms with Crippen molar-refractivity contribution in [3.8, 4) is 0 Å². The van der Waals surface area contributed by atoms with E-state index in [2.05, 4.69) is 5.16 Å². The fourth-order valence-corrected chi connectivity index (χ4v) is 2.20. The highest BCUT2D eigenvalue weighted by Crippen LogP contribution is 2.33. The zero-order chi connectivity index (χ0) is 11.7. The van der Waals surface area contributed by atoms with Gasteiger partial charge in [0.05, 0.1) is 11.7 Å². The highest BCUT2D eigenvalue weighted by atomic mass is 16.5. The largest absolute Gasteiger partial charge is 0.359 e.